The maximum absolute atomic E-state index is 12.3. The highest BCUT2D eigenvalue weighted by atomic mass is 32.2. The minimum absolute atomic E-state index is 0.186. The number of benzene rings is 1. The summed E-state index contributed by atoms with van der Waals surface area (Å²) in [5.74, 6) is 0.659. The van der Waals surface area contributed by atoms with Gasteiger partial charge in [0.15, 0.2) is 0 Å². The van der Waals surface area contributed by atoms with E-state index in [1.54, 1.807) is 26.0 Å². The zero-order valence-electron chi connectivity index (χ0n) is 12.3. The summed E-state index contributed by atoms with van der Waals surface area (Å²) in [4.78, 5) is 0.186. The van der Waals surface area contributed by atoms with Gasteiger partial charge in [0.1, 0.15) is 5.75 Å². The van der Waals surface area contributed by atoms with Gasteiger partial charge < -0.3 is 4.74 Å². The molecule has 2 aromatic rings. The summed E-state index contributed by atoms with van der Waals surface area (Å²) >= 11 is 0. The van der Waals surface area contributed by atoms with Crippen molar-refractivity contribution in [1.29, 1.82) is 0 Å². The van der Waals surface area contributed by atoms with Crippen molar-refractivity contribution in [3.05, 3.63) is 35.7 Å². The van der Waals surface area contributed by atoms with E-state index in [1.807, 2.05) is 6.92 Å². The lowest BCUT2D eigenvalue weighted by Crippen LogP contribution is -2.14. The van der Waals surface area contributed by atoms with E-state index in [9.17, 15) is 8.42 Å². The average molecular weight is 309 g/mol. The molecule has 21 heavy (non-hydrogen) atoms. The lowest BCUT2D eigenvalue weighted by atomic mass is 10.3. The Balaban J connectivity index is 2.20. The van der Waals surface area contributed by atoms with Crippen molar-refractivity contribution < 1.29 is 13.2 Å². The average Bonchev–Trinajstić information content (AvgIpc) is 2.77. The second-order valence-electron chi connectivity index (χ2n) is 4.73. The first kappa shape index (κ1) is 15.4. The Morgan fingerprint density at radius 3 is 2.43 bits per heavy atom. The summed E-state index contributed by atoms with van der Waals surface area (Å²) in [6.45, 7) is 6.12. The normalized spacial score (nSPS) is 11.4. The van der Waals surface area contributed by atoms with Crippen molar-refractivity contribution in [3.8, 4) is 5.75 Å². The smallest absolute Gasteiger partial charge is 0.262 e. The maximum Gasteiger partial charge on any atom is 0.262 e. The molecule has 0 unspecified atom stereocenters. The number of nitrogens with one attached hydrogen (secondary N) is 2. The molecule has 0 aliphatic carbocycles. The molecule has 0 fully saturated rings. The SMILES string of the molecule is CCCOc1ccc(S(=O)(=O)Nc2c(C)n[nH]c2C)cc1. The topological polar surface area (TPSA) is 84.1 Å². The highest BCUT2D eigenvalue weighted by Crippen LogP contribution is 2.22. The Kier molecular flexibility index (Phi) is 4.52. The zero-order valence-corrected chi connectivity index (χ0v) is 13.1. The van der Waals surface area contributed by atoms with Gasteiger partial charge in [0.25, 0.3) is 10.0 Å². The fraction of sp³-hybridized carbons (Fsp3) is 0.357. The molecule has 1 aromatic carbocycles. The standard InChI is InChI=1S/C14H19N3O3S/c1-4-9-20-12-5-7-13(8-6-12)21(18,19)17-14-10(2)15-16-11(14)3/h5-8,17H,4,9H2,1-3H3,(H,15,16). The Hall–Kier alpha value is -2.02. The summed E-state index contributed by atoms with van der Waals surface area (Å²) in [5.41, 5.74) is 1.78. The second kappa shape index (κ2) is 6.17. The first-order valence-corrected chi connectivity index (χ1v) is 8.19. The quantitative estimate of drug-likeness (QED) is 0.859. The summed E-state index contributed by atoms with van der Waals surface area (Å²) in [6, 6.07) is 6.36. The van der Waals surface area contributed by atoms with Crippen LogP contribution in [-0.4, -0.2) is 25.2 Å². The van der Waals surface area contributed by atoms with E-state index in [0.717, 1.165) is 6.42 Å². The fourth-order valence-electron chi connectivity index (χ4n) is 1.83. The van der Waals surface area contributed by atoms with Gasteiger partial charge in [0, 0.05) is 0 Å². The van der Waals surface area contributed by atoms with Crippen molar-refractivity contribution in [2.45, 2.75) is 32.1 Å². The summed E-state index contributed by atoms with van der Waals surface area (Å²) in [6.07, 6.45) is 0.903. The Morgan fingerprint density at radius 1 is 1.24 bits per heavy atom. The van der Waals surface area contributed by atoms with Crippen LogP contribution < -0.4 is 9.46 Å². The molecule has 0 spiro atoms. The first-order valence-electron chi connectivity index (χ1n) is 6.71. The maximum atomic E-state index is 12.3. The van der Waals surface area contributed by atoms with Crippen LogP contribution in [-0.2, 0) is 10.0 Å². The van der Waals surface area contributed by atoms with Gasteiger partial charge in [-0.1, -0.05) is 6.92 Å². The predicted molar refractivity (Wildman–Crippen MR) is 81.1 cm³/mol. The number of anilines is 1. The zero-order chi connectivity index (χ0) is 15.5. The molecule has 7 heteroatoms. The predicted octanol–water partition coefficient (Wildman–Crippen LogP) is 2.62. The van der Waals surface area contributed by atoms with Crippen LogP contribution in [0.5, 0.6) is 5.75 Å². The van der Waals surface area contributed by atoms with Gasteiger partial charge in [-0.05, 0) is 44.5 Å². The monoisotopic (exact) mass is 309 g/mol. The number of aromatic amines is 1. The van der Waals surface area contributed by atoms with E-state index in [4.69, 9.17) is 4.74 Å². The van der Waals surface area contributed by atoms with Crippen molar-refractivity contribution >= 4 is 15.7 Å². The number of sulfonamides is 1. The van der Waals surface area contributed by atoms with E-state index in [1.165, 1.54) is 12.1 Å². The lowest BCUT2D eigenvalue weighted by Gasteiger charge is -2.09. The van der Waals surface area contributed by atoms with E-state index in [-0.39, 0.29) is 4.90 Å². The van der Waals surface area contributed by atoms with Crippen LogP contribution in [0.4, 0.5) is 5.69 Å². The van der Waals surface area contributed by atoms with E-state index < -0.39 is 10.0 Å². The van der Waals surface area contributed by atoms with Crippen molar-refractivity contribution in [2.24, 2.45) is 0 Å². The van der Waals surface area contributed by atoms with E-state index in [0.29, 0.717) is 29.4 Å². The molecule has 1 heterocycles. The largest absolute Gasteiger partial charge is 0.494 e. The number of H-pyrrole nitrogens is 1. The Labute approximate surface area is 124 Å². The summed E-state index contributed by atoms with van der Waals surface area (Å²) in [5, 5.41) is 6.72. The van der Waals surface area contributed by atoms with Crippen LogP contribution in [0, 0.1) is 13.8 Å². The molecular weight excluding hydrogens is 290 g/mol. The molecule has 0 aliphatic rings. The van der Waals surface area contributed by atoms with Crippen LogP contribution in [0.2, 0.25) is 0 Å². The van der Waals surface area contributed by atoms with Gasteiger partial charge in [-0.3, -0.25) is 9.82 Å². The van der Waals surface area contributed by atoms with Gasteiger partial charge in [0.2, 0.25) is 0 Å². The Bertz CT molecular complexity index is 686. The molecular formula is C14H19N3O3S. The summed E-state index contributed by atoms with van der Waals surface area (Å²) in [7, 11) is -3.63. The summed E-state index contributed by atoms with van der Waals surface area (Å²) < 4.78 is 32.7. The van der Waals surface area contributed by atoms with Crippen LogP contribution in [0.3, 0.4) is 0 Å². The highest BCUT2D eigenvalue weighted by Gasteiger charge is 2.18. The number of hydrogen-bond acceptors (Lipinski definition) is 4. The number of aromatic nitrogens is 2. The number of rotatable bonds is 6. The molecule has 114 valence electrons. The Morgan fingerprint density at radius 2 is 1.90 bits per heavy atom. The third kappa shape index (κ3) is 3.55. The van der Waals surface area contributed by atoms with Gasteiger partial charge in [-0.15, -0.1) is 0 Å². The van der Waals surface area contributed by atoms with Crippen LogP contribution in [0.15, 0.2) is 29.2 Å². The third-order valence-corrected chi connectivity index (χ3v) is 4.34. The molecule has 0 saturated carbocycles. The van der Waals surface area contributed by atoms with Gasteiger partial charge in [0.05, 0.1) is 28.6 Å². The first-order chi connectivity index (χ1) is 9.94. The molecule has 0 bridgehead atoms. The molecule has 0 aliphatic heterocycles. The van der Waals surface area contributed by atoms with E-state index >= 15 is 0 Å². The van der Waals surface area contributed by atoms with Crippen molar-refractivity contribution in [1.82, 2.24) is 10.2 Å². The van der Waals surface area contributed by atoms with Gasteiger partial charge >= 0.3 is 0 Å². The molecule has 0 saturated heterocycles. The molecule has 1 aromatic heterocycles. The minimum Gasteiger partial charge on any atom is -0.494 e. The van der Waals surface area contributed by atoms with E-state index in [2.05, 4.69) is 14.9 Å². The number of ether oxygens (including phenoxy) is 1. The van der Waals surface area contributed by atoms with Gasteiger partial charge in [-0.25, -0.2) is 8.42 Å². The second-order valence-corrected chi connectivity index (χ2v) is 6.42. The van der Waals surface area contributed by atoms with Crippen LogP contribution >= 0.6 is 0 Å². The molecule has 0 radical (unpaired) electrons. The molecule has 6 nitrogen and oxygen atoms in total. The lowest BCUT2D eigenvalue weighted by molar-refractivity contribution is 0.317. The molecule has 2 N–H and O–H groups in total. The van der Waals surface area contributed by atoms with Crippen LogP contribution in [0.1, 0.15) is 24.7 Å². The molecule has 0 atom stereocenters. The third-order valence-electron chi connectivity index (χ3n) is 2.97. The number of nitrogens with zero attached hydrogens (tertiary/aromatic N) is 1. The molecule has 2 rings (SSSR count). The molecule has 0 amide bonds. The fourth-order valence-corrected chi connectivity index (χ4v) is 3.01. The highest BCUT2D eigenvalue weighted by molar-refractivity contribution is 7.92. The van der Waals surface area contributed by atoms with Gasteiger partial charge in [-0.2, -0.15) is 5.10 Å². The number of aryl methyl sites for hydroxylation is 2. The van der Waals surface area contributed by atoms with Crippen LogP contribution in [0.25, 0.3) is 0 Å². The van der Waals surface area contributed by atoms with Crippen molar-refractivity contribution in [2.75, 3.05) is 11.3 Å². The number of hydrogen-bond donors (Lipinski definition) is 2. The van der Waals surface area contributed by atoms with Crippen molar-refractivity contribution in [3.63, 3.8) is 0 Å². The minimum atomic E-state index is -3.63.